The van der Waals surface area contributed by atoms with Crippen LogP contribution in [0.25, 0.3) is 0 Å². The highest BCUT2D eigenvalue weighted by Gasteiger charge is 2.20. The third-order valence-electron chi connectivity index (χ3n) is 5.43. The molecule has 3 aromatic rings. The van der Waals surface area contributed by atoms with Crippen LogP contribution in [0.4, 0.5) is 11.4 Å². The summed E-state index contributed by atoms with van der Waals surface area (Å²) in [5.41, 5.74) is 5.21. The standard InChI is InChI=1S/C23H24BrClN4OS/c1-26-31(30,19-15-20(24)23(25)27-16-19)28-13-6-14-29-21-9-4-2-7-17(21)11-12-18-8-3-5-10-22(18)29/h2-5,7-10,15-16H,6,11-14H2,1H3,(H,26,28,30). The zero-order valence-corrected chi connectivity index (χ0v) is 20.4. The smallest absolute Gasteiger partial charge is 0.143 e. The maximum Gasteiger partial charge on any atom is 0.143 e. The van der Waals surface area contributed by atoms with Crippen molar-refractivity contribution >= 4 is 48.8 Å². The molecule has 0 saturated heterocycles. The van der Waals surface area contributed by atoms with E-state index in [0.29, 0.717) is 21.1 Å². The highest BCUT2D eigenvalue weighted by atomic mass is 79.9. The maximum absolute atomic E-state index is 13.3. The predicted molar refractivity (Wildman–Crippen MR) is 132 cm³/mol. The minimum atomic E-state index is -2.77. The fourth-order valence-corrected chi connectivity index (χ4v) is 5.87. The van der Waals surface area contributed by atoms with Crippen LogP contribution in [0.5, 0.6) is 0 Å². The lowest BCUT2D eigenvalue weighted by molar-refractivity contribution is 0.658. The number of pyridine rings is 1. The third-order valence-corrected chi connectivity index (χ3v) is 8.54. The Bertz CT molecular complexity index is 1160. The predicted octanol–water partition coefficient (Wildman–Crippen LogP) is 5.79. The fourth-order valence-electron chi connectivity index (χ4n) is 3.87. The van der Waals surface area contributed by atoms with Gasteiger partial charge < -0.3 is 4.90 Å². The van der Waals surface area contributed by atoms with Crippen LogP contribution in [-0.4, -0.2) is 29.3 Å². The molecule has 1 aliphatic rings. The fraction of sp³-hybridized carbons (Fsp3) is 0.261. The minimum Gasteiger partial charge on any atom is -0.341 e. The van der Waals surface area contributed by atoms with E-state index < -0.39 is 9.92 Å². The molecule has 162 valence electrons. The maximum atomic E-state index is 13.3. The Balaban J connectivity index is 1.51. The van der Waals surface area contributed by atoms with Crippen LogP contribution in [0.1, 0.15) is 17.5 Å². The molecule has 0 radical (unpaired) electrons. The van der Waals surface area contributed by atoms with Gasteiger partial charge in [-0.1, -0.05) is 48.0 Å². The Labute approximate surface area is 197 Å². The summed E-state index contributed by atoms with van der Waals surface area (Å²) in [6.07, 6.45) is 4.37. The van der Waals surface area contributed by atoms with Gasteiger partial charge in [-0.15, -0.1) is 0 Å². The Morgan fingerprint density at radius 2 is 1.74 bits per heavy atom. The van der Waals surface area contributed by atoms with Gasteiger partial charge in [-0.05, 0) is 64.5 Å². The number of aryl methyl sites for hydroxylation is 2. The molecule has 2 aromatic carbocycles. The molecule has 1 aromatic heterocycles. The first kappa shape index (κ1) is 22.3. The lowest BCUT2D eigenvalue weighted by Gasteiger charge is -2.27. The molecule has 8 heteroatoms. The molecule has 0 fully saturated rings. The van der Waals surface area contributed by atoms with Crippen molar-refractivity contribution in [1.82, 2.24) is 9.71 Å². The van der Waals surface area contributed by atoms with E-state index in [4.69, 9.17) is 11.6 Å². The molecule has 1 atom stereocenters. The van der Waals surface area contributed by atoms with Gasteiger partial charge in [0.05, 0.1) is 9.37 Å². The molecule has 1 unspecified atom stereocenters. The van der Waals surface area contributed by atoms with Gasteiger partial charge in [0.25, 0.3) is 0 Å². The van der Waals surface area contributed by atoms with Crippen molar-refractivity contribution in [3.63, 3.8) is 0 Å². The highest BCUT2D eigenvalue weighted by molar-refractivity contribution is 9.10. The van der Waals surface area contributed by atoms with E-state index >= 15 is 0 Å². The van der Waals surface area contributed by atoms with Crippen molar-refractivity contribution in [2.24, 2.45) is 4.36 Å². The molecular formula is C23H24BrClN4OS. The third kappa shape index (κ3) is 4.80. The summed E-state index contributed by atoms with van der Waals surface area (Å²) >= 11 is 9.32. The summed E-state index contributed by atoms with van der Waals surface area (Å²) in [7, 11) is -1.22. The van der Waals surface area contributed by atoms with Crippen molar-refractivity contribution in [2.45, 2.75) is 24.2 Å². The molecule has 0 aliphatic carbocycles. The van der Waals surface area contributed by atoms with Gasteiger partial charge >= 0.3 is 0 Å². The molecule has 2 heterocycles. The second-order valence-electron chi connectivity index (χ2n) is 7.31. The Kier molecular flexibility index (Phi) is 6.96. The number of nitrogens with zero attached hydrogens (tertiary/aromatic N) is 3. The topological polar surface area (TPSA) is 57.6 Å². The van der Waals surface area contributed by atoms with Gasteiger partial charge in [0.15, 0.2) is 0 Å². The number of hydrogen-bond donors (Lipinski definition) is 1. The van der Waals surface area contributed by atoms with Gasteiger partial charge in [0.1, 0.15) is 15.1 Å². The molecule has 0 amide bonds. The van der Waals surface area contributed by atoms with Gasteiger partial charge in [-0.25, -0.2) is 18.3 Å². The second kappa shape index (κ2) is 9.69. The number of halogens is 2. The zero-order valence-electron chi connectivity index (χ0n) is 17.2. The molecule has 4 rings (SSSR count). The van der Waals surface area contributed by atoms with Crippen LogP contribution in [-0.2, 0) is 22.8 Å². The molecule has 31 heavy (non-hydrogen) atoms. The van der Waals surface area contributed by atoms with E-state index in [9.17, 15) is 4.21 Å². The number of nitrogens with one attached hydrogen (secondary N) is 1. The number of benzene rings is 2. The first-order chi connectivity index (χ1) is 15.0. The van der Waals surface area contributed by atoms with Crippen molar-refractivity contribution in [2.75, 3.05) is 25.0 Å². The summed E-state index contributed by atoms with van der Waals surface area (Å²) < 4.78 is 21.2. The van der Waals surface area contributed by atoms with Crippen molar-refractivity contribution in [3.8, 4) is 0 Å². The molecule has 0 bridgehead atoms. The highest BCUT2D eigenvalue weighted by Crippen LogP contribution is 2.35. The Morgan fingerprint density at radius 1 is 1.13 bits per heavy atom. The van der Waals surface area contributed by atoms with Gasteiger partial charge in [-0.2, -0.15) is 0 Å². The molecule has 0 saturated carbocycles. The molecule has 1 N–H and O–H groups in total. The number of para-hydroxylation sites is 2. The number of fused-ring (bicyclic) bond motifs is 2. The average molecular weight is 520 g/mol. The average Bonchev–Trinajstić information content (AvgIpc) is 2.95. The van der Waals surface area contributed by atoms with E-state index in [1.165, 1.54) is 28.7 Å². The lowest BCUT2D eigenvalue weighted by Crippen LogP contribution is -2.28. The van der Waals surface area contributed by atoms with Crippen LogP contribution in [0.3, 0.4) is 0 Å². The number of aromatic nitrogens is 1. The number of rotatable bonds is 6. The summed E-state index contributed by atoms with van der Waals surface area (Å²) in [5.74, 6) is 0. The van der Waals surface area contributed by atoms with Crippen LogP contribution < -0.4 is 9.62 Å². The molecule has 0 spiro atoms. The van der Waals surface area contributed by atoms with Crippen LogP contribution in [0, 0.1) is 0 Å². The van der Waals surface area contributed by atoms with Gasteiger partial charge in [-0.3, -0.25) is 0 Å². The molecule has 5 nitrogen and oxygen atoms in total. The van der Waals surface area contributed by atoms with Gasteiger partial charge in [0, 0.05) is 37.7 Å². The van der Waals surface area contributed by atoms with Crippen molar-refractivity contribution in [1.29, 1.82) is 0 Å². The van der Waals surface area contributed by atoms with Gasteiger partial charge in [0.2, 0.25) is 0 Å². The van der Waals surface area contributed by atoms with Crippen LogP contribution >= 0.6 is 27.5 Å². The number of anilines is 2. The zero-order chi connectivity index (χ0) is 21.8. The monoisotopic (exact) mass is 518 g/mol. The van der Waals surface area contributed by atoms with E-state index in [1.54, 1.807) is 13.1 Å². The lowest BCUT2D eigenvalue weighted by atomic mass is 10.0. The van der Waals surface area contributed by atoms with Crippen molar-refractivity contribution < 1.29 is 4.21 Å². The van der Waals surface area contributed by atoms with E-state index in [2.05, 4.69) is 83.4 Å². The normalized spacial score (nSPS) is 14.9. The largest absolute Gasteiger partial charge is 0.341 e. The summed E-state index contributed by atoms with van der Waals surface area (Å²) in [5, 5.41) is 0.333. The number of hydrogen-bond acceptors (Lipinski definition) is 4. The van der Waals surface area contributed by atoms with E-state index in [1.807, 2.05) is 0 Å². The van der Waals surface area contributed by atoms with Crippen molar-refractivity contribution in [3.05, 3.63) is 81.5 Å². The summed E-state index contributed by atoms with van der Waals surface area (Å²) in [6.45, 7) is 1.36. The summed E-state index contributed by atoms with van der Waals surface area (Å²) in [6, 6.07) is 18.9. The Morgan fingerprint density at radius 3 is 2.32 bits per heavy atom. The van der Waals surface area contributed by atoms with E-state index in [0.717, 1.165) is 25.8 Å². The molecular weight excluding hydrogens is 496 g/mol. The van der Waals surface area contributed by atoms with Crippen LogP contribution in [0.2, 0.25) is 5.15 Å². The minimum absolute atomic E-state index is 0.333. The molecule has 1 aliphatic heterocycles. The summed E-state index contributed by atoms with van der Waals surface area (Å²) in [4.78, 5) is 6.98. The quantitative estimate of drug-likeness (QED) is 0.331. The first-order valence-corrected chi connectivity index (χ1v) is 12.8. The van der Waals surface area contributed by atoms with Crippen LogP contribution in [0.15, 0.2) is 74.5 Å². The second-order valence-corrected chi connectivity index (χ2v) is 10.7. The van der Waals surface area contributed by atoms with E-state index in [-0.39, 0.29) is 0 Å². The SMILES string of the molecule is CN=S(=O)(NCCCN1c2ccccc2CCc2ccccc21)c1cnc(Cl)c(Br)c1. The first-order valence-electron chi connectivity index (χ1n) is 10.2. The Hall–Kier alpha value is -1.93.